The van der Waals surface area contributed by atoms with E-state index in [0.29, 0.717) is 5.56 Å². The van der Waals surface area contributed by atoms with Crippen LogP contribution < -0.4 is 5.73 Å². The van der Waals surface area contributed by atoms with Crippen LogP contribution in [0.15, 0.2) is 24.3 Å². The monoisotopic (exact) mass is 270 g/mol. The molecule has 19 heavy (non-hydrogen) atoms. The summed E-state index contributed by atoms with van der Waals surface area (Å²) in [5.74, 6) is -0.0543. The Labute approximate surface area is 107 Å². The number of benzene rings is 1. The SMILES string of the molecule is CC(C)(O)c1cc(N)nc2c(C(F)(F)F)cccc12. The maximum Gasteiger partial charge on any atom is 0.418 e. The number of anilines is 1. The van der Waals surface area contributed by atoms with Crippen LogP contribution in [0.5, 0.6) is 0 Å². The van der Waals surface area contributed by atoms with Crippen LogP contribution in [0, 0.1) is 0 Å². The van der Waals surface area contributed by atoms with E-state index in [1.165, 1.54) is 32.0 Å². The van der Waals surface area contributed by atoms with Crippen molar-refractivity contribution in [3.05, 3.63) is 35.4 Å². The molecule has 102 valence electrons. The van der Waals surface area contributed by atoms with Gasteiger partial charge in [-0.15, -0.1) is 0 Å². The highest BCUT2D eigenvalue weighted by Gasteiger charge is 2.34. The average Bonchev–Trinajstić information content (AvgIpc) is 2.24. The van der Waals surface area contributed by atoms with Crippen LogP contribution in [0.4, 0.5) is 19.0 Å². The maximum atomic E-state index is 12.9. The lowest BCUT2D eigenvalue weighted by atomic mass is 9.93. The first-order chi connectivity index (χ1) is 8.60. The van der Waals surface area contributed by atoms with E-state index in [1.54, 1.807) is 0 Å². The van der Waals surface area contributed by atoms with Crippen LogP contribution >= 0.6 is 0 Å². The van der Waals surface area contributed by atoms with Crippen molar-refractivity contribution in [2.45, 2.75) is 25.6 Å². The van der Waals surface area contributed by atoms with Gasteiger partial charge in [0.2, 0.25) is 0 Å². The zero-order valence-electron chi connectivity index (χ0n) is 10.4. The Hall–Kier alpha value is -1.82. The molecular formula is C13H13F3N2O. The standard InChI is InChI=1S/C13H13F3N2O/c1-12(2,19)9-6-10(17)18-11-7(9)4-3-5-8(11)13(14,15)16/h3-6,19H,1-2H3,(H2,17,18). The predicted octanol–water partition coefficient (Wildman–Crippen LogP) is 3.06. The molecule has 0 aliphatic carbocycles. The molecule has 0 amide bonds. The number of nitrogens with zero attached hydrogens (tertiary/aromatic N) is 1. The Morgan fingerprint density at radius 3 is 2.32 bits per heavy atom. The molecule has 0 bridgehead atoms. The number of pyridine rings is 1. The predicted molar refractivity (Wildman–Crippen MR) is 66.4 cm³/mol. The third-order valence-electron chi connectivity index (χ3n) is 2.82. The Kier molecular flexibility index (Phi) is 2.93. The number of alkyl halides is 3. The van der Waals surface area contributed by atoms with E-state index >= 15 is 0 Å². The Balaban J connectivity index is 2.90. The van der Waals surface area contributed by atoms with Crippen molar-refractivity contribution >= 4 is 16.7 Å². The Morgan fingerprint density at radius 1 is 1.16 bits per heavy atom. The molecule has 2 rings (SSSR count). The van der Waals surface area contributed by atoms with E-state index in [9.17, 15) is 18.3 Å². The van der Waals surface area contributed by atoms with Crippen LogP contribution in [-0.2, 0) is 11.8 Å². The van der Waals surface area contributed by atoms with Gasteiger partial charge in [0.05, 0.1) is 16.7 Å². The number of aliphatic hydroxyl groups is 1. The maximum absolute atomic E-state index is 12.9. The van der Waals surface area contributed by atoms with Gasteiger partial charge in [0.15, 0.2) is 0 Å². The Bertz CT molecular complexity index is 630. The lowest BCUT2D eigenvalue weighted by molar-refractivity contribution is -0.136. The van der Waals surface area contributed by atoms with Crippen molar-refractivity contribution in [3.63, 3.8) is 0 Å². The molecule has 0 saturated heterocycles. The average molecular weight is 270 g/mol. The minimum Gasteiger partial charge on any atom is -0.386 e. The summed E-state index contributed by atoms with van der Waals surface area (Å²) in [6.07, 6.45) is -4.52. The fraction of sp³-hybridized carbons (Fsp3) is 0.308. The van der Waals surface area contributed by atoms with Gasteiger partial charge in [-0.1, -0.05) is 12.1 Å². The Morgan fingerprint density at radius 2 is 1.79 bits per heavy atom. The first-order valence-corrected chi connectivity index (χ1v) is 5.60. The number of para-hydroxylation sites is 1. The molecule has 6 heteroatoms. The van der Waals surface area contributed by atoms with Gasteiger partial charge in [0, 0.05) is 5.39 Å². The van der Waals surface area contributed by atoms with E-state index in [-0.39, 0.29) is 16.7 Å². The van der Waals surface area contributed by atoms with Crippen molar-refractivity contribution in [3.8, 4) is 0 Å². The summed E-state index contributed by atoms with van der Waals surface area (Å²) >= 11 is 0. The van der Waals surface area contributed by atoms with Gasteiger partial charge in [0.1, 0.15) is 5.82 Å². The lowest BCUT2D eigenvalue weighted by Gasteiger charge is -2.21. The van der Waals surface area contributed by atoms with Crippen molar-refractivity contribution in [2.24, 2.45) is 0 Å². The zero-order chi connectivity index (χ0) is 14.4. The smallest absolute Gasteiger partial charge is 0.386 e. The molecule has 0 aliphatic rings. The second kappa shape index (κ2) is 4.09. The van der Waals surface area contributed by atoms with Gasteiger partial charge in [0.25, 0.3) is 0 Å². The van der Waals surface area contributed by atoms with Crippen LogP contribution in [0.2, 0.25) is 0 Å². The molecule has 0 spiro atoms. The number of rotatable bonds is 1. The fourth-order valence-electron chi connectivity index (χ4n) is 2.00. The fourth-order valence-corrected chi connectivity index (χ4v) is 2.00. The minimum absolute atomic E-state index is 0.0543. The number of nitrogen functional groups attached to an aromatic ring is 1. The first-order valence-electron chi connectivity index (χ1n) is 5.60. The molecule has 3 nitrogen and oxygen atoms in total. The van der Waals surface area contributed by atoms with Crippen LogP contribution in [0.25, 0.3) is 10.9 Å². The van der Waals surface area contributed by atoms with E-state index in [4.69, 9.17) is 5.73 Å². The van der Waals surface area contributed by atoms with Gasteiger partial charge >= 0.3 is 6.18 Å². The third kappa shape index (κ3) is 2.49. The summed E-state index contributed by atoms with van der Waals surface area (Å²) in [5.41, 5.74) is 3.46. The normalized spacial score (nSPS) is 12.9. The molecule has 3 N–H and O–H groups in total. The van der Waals surface area contributed by atoms with Gasteiger partial charge in [-0.2, -0.15) is 13.2 Å². The summed E-state index contributed by atoms with van der Waals surface area (Å²) in [4.78, 5) is 3.76. The summed E-state index contributed by atoms with van der Waals surface area (Å²) in [7, 11) is 0. The topological polar surface area (TPSA) is 59.1 Å². The molecule has 0 unspecified atom stereocenters. The van der Waals surface area contributed by atoms with E-state index in [1.807, 2.05) is 0 Å². The van der Waals surface area contributed by atoms with Crippen LogP contribution in [0.1, 0.15) is 25.0 Å². The number of hydrogen-bond donors (Lipinski definition) is 2. The van der Waals surface area contributed by atoms with Crippen molar-refractivity contribution < 1.29 is 18.3 Å². The van der Waals surface area contributed by atoms with E-state index in [0.717, 1.165) is 6.07 Å². The molecule has 0 saturated carbocycles. The number of nitrogens with two attached hydrogens (primary N) is 1. The van der Waals surface area contributed by atoms with E-state index < -0.39 is 17.3 Å². The molecule has 0 aliphatic heterocycles. The highest BCUT2D eigenvalue weighted by atomic mass is 19.4. The zero-order valence-corrected chi connectivity index (χ0v) is 10.4. The first kappa shape index (κ1) is 13.6. The molecule has 0 atom stereocenters. The second-order valence-electron chi connectivity index (χ2n) is 4.85. The summed E-state index contributed by atoms with van der Waals surface area (Å²) in [6.45, 7) is 2.98. The number of aromatic nitrogens is 1. The summed E-state index contributed by atoms with van der Waals surface area (Å²) < 4.78 is 38.8. The molecule has 1 aromatic carbocycles. The van der Waals surface area contributed by atoms with Gasteiger partial charge in [-0.3, -0.25) is 0 Å². The van der Waals surface area contributed by atoms with Crippen molar-refractivity contribution in [1.29, 1.82) is 0 Å². The minimum atomic E-state index is -4.52. The largest absolute Gasteiger partial charge is 0.418 e. The van der Waals surface area contributed by atoms with Gasteiger partial charge in [-0.25, -0.2) is 4.98 Å². The number of hydrogen-bond acceptors (Lipinski definition) is 3. The van der Waals surface area contributed by atoms with Crippen LogP contribution in [-0.4, -0.2) is 10.1 Å². The molecule has 0 fully saturated rings. The third-order valence-corrected chi connectivity index (χ3v) is 2.82. The van der Waals surface area contributed by atoms with Crippen molar-refractivity contribution in [1.82, 2.24) is 4.98 Å². The molecule has 1 heterocycles. The van der Waals surface area contributed by atoms with Gasteiger partial charge in [-0.05, 0) is 31.5 Å². The van der Waals surface area contributed by atoms with E-state index in [2.05, 4.69) is 4.98 Å². The molecule has 1 aromatic heterocycles. The molecule has 2 aromatic rings. The number of fused-ring (bicyclic) bond motifs is 1. The highest BCUT2D eigenvalue weighted by molar-refractivity contribution is 5.87. The highest BCUT2D eigenvalue weighted by Crippen LogP contribution is 2.37. The quantitative estimate of drug-likeness (QED) is 0.837. The van der Waals surface area contributed by atoms with Crippen molar-refractivity contribution in [2.75, 3.05) is 5.73 Å². The lowest BCUT2D eigenvalue weighted by Crippen LogP contribution is -2.18. The summed E-state index contributed by atoms with van der Waals surface area (Å²) in [6, 6.07) is 5.12. The molecule has 0 radical (unpaired) electrons. The number of halogens is 3. The van der Waals surface area contributed by atoms with Gasteiger partial charge < -0.3 is 10.8 Å². The second-order valence-corrected chi connectivity index (χ2v) is 4.85. The molecular weight excluding hydrogens is 257 g/mol. The van der Waals surface area contributed by atoms with Crippen LogP contribution in [0.3, 0.4) is 0 Å². The summed E-state index contributed by atoms with van der Waals surface area (Å²) in [5, 5.41) is 10.3.